The number of aromatic nitrogens is 1. The topological polar surface area (TPSA) is 147 Å². The second-order valence-corrected chi connectivity index (χ2v) is 12.7. The Morgan fingerprint density at radius 2 is 1.86 bits per heavy atom. The predicted octanol–water partition coefficient (Wildman–Crippen LogP) is 2.78. The molecule has 2 saturated heterocycles. The molecule has 2 aliphatic heterocycles. The van der Waals surface area contributed by atoms with Crippen molar-refractivity contribution in [2.24, 2.45) is 5.92 Å². The first-order valence-corrected chi connectivity index (χ1v) is 15.7. The van der Waals surface area contributed by atoms with Crippen molar-refractivity contribution in [3.63, 3.8) is 0 Å². The third kappa shape index (κ3) is 6.72. The molecule has 1 aromatic heterocycles. The van der Waals surface area contributed by atoms with Crippen molar-refractivity contribution < 1.29 is 33.8 Å². The summed E-state index contributed by atoms with van der Waals surface area (Å²) in [5, 5.41) is 16.5. The number of nitrogens with one attached hydrogen (secondary N) is 2. The molecule has 11 nitrogen and oxygen atoms in total. The van der Waals surface area contributed by atoms with Crippen LogP contribution in [0.3, 0.4) is 0 Å². The van der Waals surface area contributed by atoms with E-state index >= 15 is 0 Å². The van der Waals surface area contributed by atoms with Crippen LogP contribution in [-0.2, 0) is 19.1 Å². The maximum Gasteiger partial charge on any atom is 0.306 e. The number of pyridine rings is 1. The Balaban J connectivity index is 1.09. The van der Waals surface area contributed by atoms with Crippen LogP contribution in [0.25, 0.3) is 0 Å². The number of rotatable bonds is 10. The molecule has 234 valence electrons. The van der Waals surface area contributed by atoms with E-state index in [0.717, 1.165) is 24.8 Å². The zero-order valence-corrected chi connectivity index (χ0v) is 25.0. The standard InChI is InChI=1S/C33H40N4O7/c1-20(35-32(41)33(42)13-3-14-33)29(23-9-7-22(8-10-23)21-5-6-21)44-26-11-12-27(34-17-26)30(39)36-25-4-2-15-37(18-25)31(40)24-16-28(38)43-19-24/h7-12,17,20-21,24-25,29,42H,2-6,13-16,18-19H2,1H3,(H,35,41)(H,36,39)/t20-,24+,25-,29-/m0/s1. The molecule has 2 aliphatic carbocycles. The van der Waals surface area contributed by atoms with Gasteiger partial charge < -0.3 is 30.1 Å². The molecule has 0 spiro atoms. The summed E-state index contributed by atoms with van der Waals surface area (Å²) in [7, 11) is 0. The van der Waals surface area contributed by atoms with Crippen LogP contribution in [0.15, 0.2) is 42.6 Å². The van der Waals surface area contributed by atoms with E-state index in [1.165, 1.54) is 24.6 Å². The predicted molar refractivity (Wildman–Crippen MR) is 159 cm³/mol. The lowest BCUT2D eigenvalue weighted by atomic mass is 9.79. The molecule has 11 heteroatoms. The van der Waals surface area contributed by atoms with Gasteiger partial charge in [0.15, 0.2) is 0 Å². The molecule has 3 heterocycles. The van der Waals surface area contributed by atoms with Crippen LogP contribution >= 0.6 is 0 Å². The Kier molecular flexibility index (Phi) is 8.57. The number of carbonyl (C=O) groups excluding carboxylic acids is 4. The highest BCUT2D eigenvalue weighted by atomic mass is 16.5. The van der Waals surface area contributed by atoms with E-state index < -0.39 is 29.6 Å². The van der Waals surface area contributed by atoms with Crippen molar-refractivity contribution in [3.05, 3.63) is 59.4 Å². The maximum atomic E-state index is 13.0. The van der Waals surface area contributed by atoms with Crippen LogP contribution in [0.4, 0.5) is 0 Å². The molecule has 0 radical (unpaired) electrons. The van der Waals surface area contributed by atoms with Gasteiger partial charge in [0.25, 0.3) is 11.8 Å². The number of aliphatic hydroxyl groups is 1. The first-order chi connectivity index (χ1) is 21.2. The Labute approximate surface area is 256 Å². The summed E-state index contributed by atoms with van der Waals surface area (Å²) < 4.78 is 11.3. The Hall–Kier alpha value is -3.99. The highest BCUT2D eigenvalue weighted by Crippen LogP contribution is 2.40. The number of hydrogen-bond donors (Lipinski definition) is 3. The number of esters is 1. The molecule has 3 amide bonds. The number of ether oxygens (including phenoxy) is 2. The van der Waals surface area contributed by atoms with Gasteiger partial charge in [-0.3, -0.25) is 19.2 Å². The summed E-state index contributed by atoms with van der Waals surface area (Å²) in [6.07, 6.45) is 6.64. The van der Waals surface area contributed by atoms with Crippen molar-refractivity contribution in [1.82, 2.24) is 20.5 Å². The highest BCUT2D eigenvalue weighted by Gasteiger charge is 2.43. The number of likely N-dealkylation sites (tertiary alicyclic amines) is 1. The second-order valence-electron chi connectivity index (χ2n) is 12.7. The average Bonchev–Trinajstić information content (AvgIpc) is 3.78. The summed E-state index contributed by atoms with van der Waals surface area (Å²) in [4.78, 5) is 56.1. The normalized spacial score (nSPS) is 24.0. The summed E-state index contributed by atoms with van der Waals surface area (Å²) >= 11 is 0. The first kappa shape index (κ1) is 30.1. The number of nitrogens with zero attached hydrogens (tertiary/aromatic N) is 2. The Bertz CT molecular complexity index is 1390. The van der Waals surface area contributed by atoms with E-state index in [-0.39, 0.29) is 42.5 Å². The van der Waals surface area contributed by atoms with Crippen LogP contribution in [0.5, 0.6) is 5.75 Å². The fourth-order valence-corrected chi connectivity index (χ4v) is 6.20. The largest absolute Gasteiger partial charge is 0.482 e. The minimum atomic E-state index is -1.32. The number of amides is 3. The van der Waals surface area contributed by atoms with Gasteiger partial charge in [-0.2, -0.15) is 0 Å². The molecule has 4 aliphatic rings. The van der Waals surface area contributed by atoms with Gasteiger partial charge in [0.2, 0.25) is 5.91 Å². The molecule has 4 fully saturated rings. The minimum Gasteiger partial charge on any atom is -0.482 e. The molecule has 4 atom stereocenters. The summed E-state index contributed by atoms with van der Waals surface area (Å²) in [5.74, 6) is -0.615. The molecule has 3 N–H and O–H groups in total. The minimum absolute atomic E-state index is 0.102. The van der Waals surface area contributed by atoms with E-state index in [0.29, 0.717) is 37.6 Å². The number of benzene rings is 1. The molecule has 2 aromatic rings. The van der Waals surface area contributed by atoms with E-state index in [1.807, 2.05) is 19.1 Å². The van der Waals surface area contributed by atoms with E-state index in [2.05, 4.69) is 27.8 Å². The molecule has 0 bridgehead atoms. The van der Waals surface area contributed by atoms with Gasteiger partial charge in [0.1, 0.15) is 29.8 Å². The highest BCUT2D eigenvalue weighted by molar-refractivity contribution is 5.92. The molecule has 44 heavy (non-hydrogen) atoms. The third-order valence-corrected chi connectivity index (χ3v) is 9.24. The van der Waals surface area contributed by atoms with Crippen molar-refractivity contribution >= 4 is 23.7 Å². The Morgan fingerprint density at radius 1 is 1.09 bits per heavy atom. The lowest BCUT2D eigenvalue weighted by Crippen LogP contribution is -2.55. The second kappa shape index (κ2) is 12.6. The van der Waals surface area contributed by atoms with Gasteiger partial charge in [-0.05, 0) is 81.0 Å². The first-order valence-electron chi connectivity index (χ1n) is 15.7. The van der Waals surface area contributed by atoms with Crippen molar-refractivity contribution in [3.8, 4) is 5.75 Å². The van der Waals surface area contributed by atoms with Gasteiger partial charge in [-0.25, -0.2) is 4.98 Å². The zero-order valence-electron chi connectivity index (χ0n) is 25.0. The number of piperidine rings is 1. The van der Waals surface area contributed by atoms with Gasteiger partial charge in [0.05, 0.1) is 24.6 Å². The molecular formula is C33H40N4O7. The maximum absolute atomic E-state index is 13.0. The van der Waals surface area contributed by atoms with Gasteiger partial charge in [-0.15, -0.1) is 0 Å². The monoisotopic (exact) mass is 604 g/mol. The molecule has 6 rings (SSSR count). The molecule has 0 unspecified atom stereocenters. The summed E-state index contributed by atoms with van der Waals surface area (Å²) in [6, 6.07) is 10.8. The quantitative estimate of drug-likeness (QED) is 0.351. The lowest BCUT2D eigenvalue weighted by molar-refractivity contribution is -0.149. The van der Waals surface area contributed by atoms with Crippen LogP contribution < -0.4 is 15.4 Å². The van der Waals surface area contributed by atoms with Crippen molar-refractivity contribution in [2.75, 3.05) is 19.7 Å². The van der Waals surface area contributed by atoms with E-state index in [1.54, 1.807) is 17.0 Å². The van der Waals surface area contributed by atoms with Gasteiger partial charge in [0, 0.05) is 19.1 Å². The van der Waals surface area contributed by atoms with Crippen LogP contribution in [0, 0.1) is 5.92 Å². The average molecular weight is 605 g/mol. The van der Waals surface area contributed by atoms with Gasteiger partial charge >= 0.3 is 5.97 Å². The fraction of sp³-hybridized carbons (Fsp3) is 0.545. The SMILES string of the molecule is C[C@H](NC(=O)C1(O)CCC1)[C@H](Oc1ccc(C(=O)N[C@H]2CCCN(C(=O)[C@H]3COC(=O)C3)C2)nc1)c1ccc(C2CC2)cc1. The number of cyclic esters (lactones) is 1. The van der Waals surface area contributed by atoms with Crippen LogP contribution in [-0.4, -0.2) is 76.1 Å². The molecular weight excluding hydrogens is 564 g/mol. The summed E-state index contributed by atoms with van der Waals surface area (Å²) in [6.45, 7) is 2.92. The van der Waals surface area contributed by atoms with E-state index in [9.17, 15) is 24.3 Å². The van der Waals surface area contributed by atoms with Crippen molar-refractivity contribution in [1.29, 1.82) is 0 Å². The third-order valence-electron chi connectivity index (χ3n) is 9.24. The number of carbonyl (C=O) groups is 4. The Morgan fingerprint density at radius 3 is 2.48 bits per heavy atom. The van der Waals surface area contributed by atoms with E-state index in [4.69, 9.17) is 9.47 Å². The molecule has 2 saturated carbocycles. The zero-order chi connectivity index (χ0) is 30.8. The fourth-order valence-electron chi connectivity index (χ4n) is 6.20. The van der Waals surface area contributed by atoms with Crippen LogP contribution in [0.1, 0.15) is 91.9 Å². The van der Waals surface area contributed by atoms with Crippen molar-refractivity contribution in [2.45, 2.75) is 88.0 Å². The lowest BCUT2D eigenvalue weighted by Gasteiger charge is -2.37. The number of hydrogen-bond acceptors (Lipinski definition) is 8. The smallest absolute Gasteiger partial charge is 0.306 e. The summed E-state index contributed by atoms with van der Waals surface area (Å²) in [5.41, 5.74) is 1.07. The van der Waals surface area contributed by atoms with Crippen LogP contribution in [0.2, 0.25) is 0 Å². The van der Waals surface area contributed by atoms with Gasteiger partial charge in [-0.1, -0.05) is 24.3 Å². The molecule has 1 aromatic carbocycles.